The van der Waals surface area contributed by atoms with Crippen LogP contribution in [0.25, 0.3) is 22.5 Å². The van der Waals surface area contributed by atoms with E-state index in [0.29, 0.717) is 0 Å². The number of aromatic nitrogens is 2. The molecular formula is C28H21N3. The SMILES string of the molecule is c1ccc(-c2cc(-c3cccc(N(c4ccccc4)c4ccccc4)c3)ncn2)cc1. The van der Waals surface area contributed by atoms with Gasteiger partial charge in [-0.05, 0) is 42.5 Å². The van der Waals surface area contributed by atoms with E-state index in [9.17, 15) is 0 Å². The molecule has 0 unspecified atom stereocenters. The molecule has 31 heavy (non-hydrogen) atoms. The smallest absolute Gasteiger partial charge is 0.116 e. The Labute approximate surface area is 182 Å². The zero-order chi connectivity index (χ0) is 20.9. The Hall–Kier alpha value is -4.24. The van der Waals surface area contributed by atoms with E-state index in [1.807, 2.05) is 36.4 Å². The Morgan fingerprint density at radius 2 is 0.903 bits per heavy atom. The Morgan fingerprint density at radius 1 is 0.419 bits per heavy atom. The second-order valence-electron chi connectivity index (χ2n) is 7.21. The van der Waals surface area contributed by atoms with Crippen molar-refractivity contribution in [1.29, 1.82) is 0 Å². The van der Waals surface area contributed by atoms with Gasteiger partial charge in [-0.2, -0.15) is 0 Å². The third-order valence-electron chi connectivity index (χ3n) is 5.17. The summed E-state index contributed by atoms with van der Waals surface area (Å²) in [5.41, 5.74) is 7.24. The molecule has 1 aromatic heterocycles. The Balaban J connectivity index is 1.58. The largest absolute Gasteiger partial charge is 0.310 e. The van der Waals surface area contributed by atoms with E-state index >= 15 is 0 Å². The van der Waals surface area contributed by atoms with E-state index in [2.05, 4.69) is 99.8 Å². The van der Waals surface area contributed by atoms with Gasteiger partial charge < -0.3 is 4.90 Å². The fourth-order valence-corrected chi connectivity index (χ4v) is 3.69. The molecule has 5 rings (SSSR count). The summed E-state index contributed by atoms with van der Waals surface area (Å²) in [7, 11) is 0. The number of nitrogens with zero attached hydrogens (tertiary/aromatic N) is 3. The van der Waals surface area contributed by atoms with E-state index in [-0.39, 0.29) is 0 Å². The highest BCUT2D eigenvalue weighted by Gasteiger charge is 2.13. The van der Waals surface area contributed by atoms with Gasteiger partial charge in [0.05, 0.1) is 11.4 Å². The molecule has 0 radical (unpaired) electrons. The standard InChI is InChI=1S/C28H21N3/c1-4-11-22(12-5-1)27-20-28(30-21-29-27)23-13-10-18-26(19-23)31(24-14-6-2-7-15-24)25-16-8-3-9-17-25/h1-21H. The van der Waals surface area contributed by atoms with Crippen molar-refractivity contribution in [2.45, 2.75) is 0 Å². The zero-order valence-corrected chi connectivity index (χ0v) is 17.0. The predicted octanol–water partition coefficient (Wildman–Crippen LogP) is 7.28. The highest BCUT2D eigenvalue weighted by molar-refractivity contribution is 5.79. The van der Waals surface area contributed by atoms with Crippen LogP contribution in [-0.2, 0) is 0 Å². The first kappa shape index (κ1) is 18.8. The molecule has 148 valence electrons. The monoisotopic (exact) mass is 399 g/mol. The quantitative estimate of drug-likeness (QED) is 0.311. The molecular weight excluding hydrogens is 378 g/mol. The molecule has 0 saturated heterocycles. The van der Waals surface area contributed by atoms with Gasteiger partial charge in [0.1, 0.15) is 6.33 Å². The summed E-state index contributed by atoms with van der Waals surface area (Å²) >= 11 is 0. The molecule has 4 aromatic carbocycles. The lowest BCUT2D eigenvalue weighted by molar-refractivity contribution is 1.17. The van der Waals surface area contributed by atoms with E-state index in [0.717, 1.165) is 39.6 Å². The molecule has 0 fully saturated rings. The number of hydrogen-bond acceptors (Lipinski definition) is 3. The van der Waals surface area contributed by atoms with Gasteiger partial charge in [-0.1, -0.05) is 78.9 Å². The summed E-state index contributed by atoms with van der Waals surface area (Å²) in [4.78, 5) is 11.3. The molecule has 0 spiro atoms. The third-order valence-corrected chi connectivity index (χ3v) is 5.17. The van der Waals surface area contributed by atoms with Gasteiger partial charge in [0, 0.05) is 28.2 Å². The molecule has 5 aromatic rings. The lowest BCUT2D eigenvalue weighted by atomic mass is 10.1. The fourth-order valence-electron chi connectivity index (χ4n) is 3.69. The van der Waals surface area contributed by atoms with Crippen LogP contribution in [0, 0.1) is 0 Å². The van der Waals surface area contributed by atoms with Crippen LogP contribution in [0.15, 0.2) is 128 Å². The summed E-state index contributed by atoms with van der Waals surface area (Å²) in [6, 6.07) is 41.5. The van der Waals surface area contributed by atoms with Gasteiger partial charge in [-0.15, -0.1) is 0 Å². The molecule has 1 heterocycles. The molecule has 0 saturated carbocycles. The summed E-state index contributed by atoms with van der Waals surface area (Å²) in [6.07, 6.45) is 1.64. The summed E-state index contributed by atoms with van der Waals surface area (Å²) in [5.74, 6) is 0. The second-order valence-corrected chi connectivity index (χ2v) is 7.21. The molecule has 0 aliphatic carbocycles. The van der Waals surface area contributed by atoms with Crippen molar-refractivity contribution < 1.29 is 0 Å². The molecule has 0 bridgehead atoms. The molecule has 0 amide bonds. The van der Waals surface area contributed by atoms with Crippen molar-refractivity contribution >= 4 is 17.1 Å². The number of rotatable bonds is 5. The zero-order valence-electron chi connectivity index (χ0n) is 17.0. The molecule has 0 atom stereocenters. The lowest BCUT2D eigenvalue weighted by Gasteiger charge is -2.25. The minimum absolute atomic E-state index is 0.900. The fraction of sp³-hybridized carbons (Fsp3) is 0. The highest BCUT2D eigenvalue weighted by atomic mass is 15.1. The van der Waals surface area contributed by atoms with Crippen LogP contribution >= 0.6 is 0 Å². The van der Waals surface area contributed by atoms with Gasteiger partial charge in [-0.25, -0.2) is 9.97 Å². The van der Waals surface area contributed by atoms with Gasteiger partial charge >= 0.3 is 0 Å². The van der Waals surface area contributed by atoms with Crippen molar-refractivity contribution in [2.75, 3.05) is 4.90 Å². The minimum Gasteiger partial charge on any atom is -0.310 e. The summed E-state index contributed by atoms with van der Waals surface area (Å²) < 4.78 is 0. The first-order chi connectivity index (χ1) is 15.4. The van der Waals surface area contributed by atoms with E-state index in [4.69, 9.17) is 0 Å². The van der Waals surface area contributed by atoms with Gasteiger partial charge in [-0.3, -0.25) is 0 Å². The van der Waals surface area contributed by atoms with Crippen LogP contribution in [0.2, 0.25) is 0 Å². The third kappa shape index (κ3) is 4.07. The number of anilines is 3. The maximum absolute atomic E-state index is 4.55. The lowest BCUT2D eigenvalue weighted by Crippen LogP contribution is -2.09. The first-order valence-electron chi connectivity index (χ1n) is 10.3. The molecule has 0 aliphatic rings. The van der Waals surface area contributed by atoms with Crippen molar-refractivity contribution in [3.8, 4) is 22.5 Å². The van der Waals surface area contributed by atoms with Gasteiger partial charge in [0.2, 0.25) is 0 Å². The normalized spacial score (nSPS) is 10.6. The highest BCUT2D eigenvalue weighted by Crippen LogP contribution is 2.36. The maximum Gasteiger partial charge on any atom is 0.116 e. The second kappa shape index (κ2) is 8.64. The van der Waals surface area contributed by atoms with Crippen LogP contribution in [0.1, 0.15) is 0 Å². The molecule has 0 aliphatic heterocycles. The van der Waals surface area contributed by atoms with Crippen LogP contribution < -0.4 is 4.90 Å². The van der Waals surface area contributed by atoms with Crippen LogP contribution in [-0.4, -0.2) is 9.97 Å². The average molecular weight is 399 g/mol. The van der Waals surface area contributed by atoms with Crippen LogP contribution in [0.5, 0.6) is 0 Å². The van der Waals surface area contributed by atoms with Crippen molar-refractivity contribution in [3.05, 3.63) is 128 Å². The molecule has 3 heteroatoms. The first-order valence-corrected chi connectivity index (χ1v) is 10.3. The number of benzene rings is 4. The van der Waals surface area contributed by atoms with Crippen molar-refractivity contribution in [1.82, 2.24) is 9.97 Å². The number of para-hydroxylation sites is 2. The van der Waals surface area contributed by atoms with Crippen LogP contribution in [0.4, 0.5) is 17.1 Å². The molecule has 0 N–H and O–H groups in total. The van der Waals surface area contributed by atoms with E-state index < -0.39 is 0 Å². The Bertz CT molecular complexity index is 1230. The Kier molecular flexibility index (Phi) is 5.23. The summed E-state index contributed by atoms with van der Waals surface area (Å²) in [5, 5.41) is 0. The van der Waals surface area contributed by atoms with Gasteiger partial charge in [0.15, 0.2) is 0 Å². The van der Waals surface area contributed by atoms with Crippen molar-refractivity contribution in [3.63, 3.8) is 0 Å². The maximum atomic E-state index is 4.55. The predicted molar refractivity (Wildman–Crippen MR) is 128 cm³/mol. The van der Waals surface area contributed by atoms with E-state index in [1.165, 1.54) is 0 Å². The molecule has 3 nitrogen and oxygen atoms in total. The van der Waals surface area contributed by atoms with Crippen LogP contribution in [0.3, 0.4) is 0 Å². The topological polar surface area (TPSA) is 29.0 Å². The van der Waals surface area contributed by atoms with E-state index in [1.54, 1.807) is 6.33 Å². The summed E-state index contributed by atoms with van der Waals surface area (Å²) in [6.45, 7) is 0. The number of hydrogen-bond donors (Lipinski definition) is 0. The minimum atomic E-state index is 0.900. The van der Waals surface area contributed by atoms with Crippen molar-refractivity contribution in [2.24, 2.45) is 0 Å². The van der Waals surface area contributed by atoms with Gasteiger partial charge in [0.25, 0.3) is 0 Å². The Morgan fingerprint density at radius 3 is 1.52 bits per heavy atom. The average Bonchev–Trinajstić information content (AvgIpc) is 2.86.